The second-order valence-electron chi connectivity index (χ2n) is 5.34. The molecule has 2 aromatic rings. The van der Waals surface area contributed by atoms with E-state index in [4.69, 9.17) is 0 Å². The predicted molar refractivity (Wildman–Crippen MR) is 101 cm³/mol. The number of amides is 1. The Bertz CT molecular complexity index is 792. The minimum absolute atomic E-state index is 0.0268. The summed E-state index contributed by atoms with van der Waals surface area (Å²) in [5, 5.41) is 2.99. The summed E-state index contributed by atoms with van der Waals surface area (Å²) in [5.74, 6) is 0.852. The average molecular weight is 394 g/mol. The highest BCUT2D eigenvalue weighted by Gasteiger charge is 2.21. The molecule has 5 heteroatoms. The molecule has 0 unspecified atom stereocenters. The van der Waals surface area contributed by atoms with E-state index in [1.54, 1.807) is 23.1 Å². The van der Waals surface area contributed by atoms with Gasteiger partial charge in [0.1, 0.15) is 0 Å². The van der Waals surface area contributed by atoms with Gasteiger partial charge in [-0.15, -0.1) is 23.1 Å². The Morgan fingerprint density at radius 1 is 1.27 bits per heavy atom. The molecule has 1 N–H and O–H groups in total. The maximum absolute atomic E-state index is 12.5. The number of fused-ring (bicyclic) bond motifs is 1. The smallest absolute Gasteiger partial charge is 0.262 e. The third-order valence-corrected chi connectivity index (χ3v) is 6.95. The van der Waals surface area contributed by atoms with Crippen LogP contribution in [0.25, 0.3) is 6.08 Å². The molecule has 1 amide bonds. The first-order valence-corrected chi connectivity index (χ1v) is 9.56. The zero-order chi connectivity index (χ0) is 15.9. The van der Waals surface area contributed by atoms with Crippen LogP contribution in [0.4, 0.5) is 5.69 Å². The first kappa shape index (κ1) is 15.8. The van der Waals surface area contributed by atoms with E-state index in [0.717, 1.165) is 26.4 Å². The number of halogens is 1. The fourth-order valence-electron chi connectivity index (χ4n) is 2.35. The quantitative estimate of drug-likeness (QED) is 0.712. The summed E-state index contributed by atoms with van der Waals surface area (Å²) in [4.78, 5) is 15.8. The van der Waals surface area contributed by atoms with Gasteiger partial charge in [0, 0.05) is 25.7 Å². The van der Waals surface area contributed by atoms with E-state index in [9.17, 15) is 4.79 Å². The molecular formula is C17H16BrNOS2. The zero-order valence-corrected chi connectivity index (χ0v) is 15.8. The molecule has 0 aliphatic carbocycles. The Hall–Kier alpha value is -1.04. The van der Waals surface area contributed by atoms with Crippen molar-refractivity contribution in [1.82, 2.24) is 0 Å². The molecular weight excluding hydrogens is 378 g/mol. The molecule has 22 heavy (non-hydrogen) atoms. The monoisotopic (exact) mass is 393 g/mol. The lowest BCUT2D eigenvalue weighted by Gasteiger charge is -2.14. The van der Waals surface area contributed by atoms with Gasteiger partial charge in [0.15, 0.2) is 0 Å². The number of benzene rings is 1. The standard InChI is InChI=1S/C17H16BrNOS2/c1-9-6-12(4-5-14(9)18)19-17(20)16-7-15-13(8-21-16)10(2)11(3)22-15/h4-7H,8H2,1-3H3,(H,19,20). The van der Waals surface area contributed by atoms with Crippen molar-refractivity contribution in [3.63, 3.8) is 0 Å². The number of rotatable bonds is 2. The molecule has 0 fully saturated rings. The first-order valence-electron chi connectivity index (χ1n) is 6.96. The number of anilines is 1. The molecule has 0 saturated carbocycles. The van der Waals surface area contributed by atoms with E-state index in [1.165, 1.54) is 20.9 Å². The second-order valence-corrected chi connectivity index (χ2v) is 8.47. The Morgan fingerprint density at radius 2 is 2.05 bits per heavy atom. The Morgan fingerprint density at radius 3 is 2.77 bits per heavy atom. The molecule has 0 bridgehead atoms. The normalized spacial score (nSPS) is 13.5. The number of thioether (sulfide) groups is 1. The van der Waals surface area contributed by atoms with Crippen molar-refractivity contribution in [2.75, 3.05) is 5.32 Å². The van der Waals surface area contributed by atoms with Crippen LogP contribution in [0, 0.1) is 20.8 Å². The highest BCUT2D eigenvalue weighted by Crippen LogP contribution is 2.39. The van der Waals surface area contributed by atoms with Gasteiger partial charge in [-0.05, 0) is 61.7 Å². The number of nitrogens with one attached hydrogen (secondary N) is 1. The summed E-state index contributed by atoms with van der Waals surface area (Å²) in [7, 11) is 0. The van der Waals surface area contributed by atoms with Crippen LogP contribution in [-0.2, 0) is 10.5 Å². The van der Waals surface area contributed by atoms with Gasteiger partial charge in [0.05, 0.1) is 4.91 Å². The minimum Gasteiger partial charge on any atom is -0.322 e. The number of hydrogen-bond acceptors (Lipinski definition) is 3. The molecule has 1 aromatic carbocycles. The fourth-order valence-corrected chi connectivity index (χ4v) is 4.95. The van der Waals surface area contributed by atoms with Crippen LogP contribution in [0.2, 0.25) is 0 Å². The summed E-state index contributed by atoms with van der Waals surface area (Å²) in [6.45, 7) is 6.31. The summed E-state index contributed by atoms with van der Waals surface area (Å²) < 4.78 is 1.05. The Kier molecular flexibility index (Phi) is 4.48. The molecule has 114 valence electrons. The largest absolute Gasteiger partial charge is 0.322 e. The van der Waals surface area contributed by atoms with Crippen LogP contribution < -0.4 is 5.32 Å². The maximum Gasteiger partial charge on any atom is 0.262 e. The first-order chi connectivity index (χ1) is 10.5. The number of hydrogen-bond donors (Lipinski definition) is 1. The lowest BCUT2D eigenvalue weighted by Crippen LogP contribution is -2.14. The molecule has 2 heterocycles. The molecule has 3 rings (SSSR count). The molecule has 0 saturated heterocycles. The number of carbonyl (C=O) groups excluding carboxylic acids is 1. The summed E-state index contributed by atoms with van der Waals surface area (Å²) in [6, 6.07) is 5.84. The van der Waals surface area contributed by atoms with Crippen LogP contribution in [0.15, 0.2) is 27.6 Å². The average Bonchev–Trinajstić information content (AvgIpc) is 2.77. The number of aryl methyl sites for hydroxylation is 2. The SMILES string of the molecule is Cc1cc(NC(=O)C2=Cc3sc(C)c(C)c3CS2)ccc1Br. The van der Waals surface area contributed by atoms with Crippen LogP contribution in [0.1, 0.15) is 26.4 Å². The molecule has 0 radical (unpaired) electrons. The summed E-state index contributed by atoms with van der Waals surface area (Å²) >= 11 is 6.86. The molecule has 1 aromatic heterocycles. The van der Waals surface area contributed by atoms with Crippen molar-refractivity contribution < 1.29 is 4.79 Å². The summed E-state index contributed by atoms with van der Waals surface area (Å²) in [6.07, 6.45) is 2.02. The predicted octanol–water partition coefficient (Wildman–Crippen LogP) is 5.66. The lowest BCUT2D eigenvalue weighted by atomic mass is 10.1. The lowest BCUT2D eigenvalue weighted by molar-refractivity contribution is -0.112. The second kappa shape index (κ2) is 6.22. The topological polar surface area (TPSA) is 29.1 Å². The fraction of sp³-hybridized carbons (Fsp3) is 0.235. The van der Waals surface area contributed by atoms with Crippen molar-refractivity contribution in [2.45, 2.75) is 26.5 Å². The van der Waals surface area contributed by atoms with Crippen LogP contribution in [0.3, 0.4) is 0 Å². The zero-order valence-electron chi connectivity index (χ0n) is 12.6. The van der Waals surface area contributed by atoms with Gasteiger partial charge >= 0.3 is 0 Å². The van der Waals surface area contributed by atoms with Crippen molar-refractivity contribution in [3.05, 3.63) is 54.0 Å². The maximum atomic E-state index is 12.5. The van der Waals surface area contributed by atoms with Gasteiger partial charge in [0.25, 0.3) is 5.91 Å². The molecule has 0 spiro atoms. The molecule has 1 aliphatic rings. The van der Waals surface area contributed by atoms with Crippen LogP contribution in [-0.4, -0.2) is 5.91 Å². The Balaban J connectivity index is 1.82. The van der Waals surface area contributed by atoms with Gasteiger partial charge in [-0.2, -0.15) is 0 Å². The van der Waals surface area contributed by atoms with Crippen molar-refractivity contribution >= 4 is 56.7 Å². The van der Waals surface area contributed by atoms with E-state index in [2.05, 4.69) is 35.1 Å². The van der Waals surface area contributed by atoms with E-state index in [1.807, 2.05) is 31.2 Å². The van der Waals surface area contributed by atoms with E-state index < -0.39 is 0 Å². The summed E-state index contributed by atoms with van der Waals surface area (Å²) in [5.41, 5.74) is 4.68. The number of carbonyl (C=O) groups is 1. The van der Waals surface area contributed by atoms with Crippen LogP contribution in [0.5, 0.6) is 0 Å². The van der Waals surface area contributed by atoms with Crippen molar-refractivity contribution in [1.29, 1.82) is 0 Å². The third-order valence-electron chi connectivity index (χ3n) is 3.82. The highest BCUT2D eigenvalue weighted by atomic mass is 79.9. The van der Waals surface area contributed by atoms with Gasteiger partial charge < -0.3 is 5.32 Å². The van der Waals surface area contributed by atoms with Crippen LogP contribution >= 0.6 is 39.0 Å². The van der Waals surface area contributed by atoms with Gasteiger partial charge in [-0.1, -0.05) is 15.9 Å². The molecule has 1 aliphatic heterocycles. The molecule has 2 nitrogen and oxygen atoms in total. The van der Waals surface area contributed by atoms with E-state index in [0.29, 0.717) is 0 Å². The third kappa shape index (κ3) is 3.03. The van der Waals surface area contributed by atoms with Crippen molar-refractivity contribution in [2.24, 2.45) is 0 Å². The van der Waals surface area contributed by atoms with Gasteiger partial charge in [-0.3, -0.25) is 4.79 Å². The van der Waals surface area contributed by atoms with Gasteiger partial charge in [-0.25, -0.2) is 0 Å². The molecule has 0 atom stereocenters. The number of thiophene rings is 1. The van der Waals surface area contributed by atoms with E-state index in [-0.39, 0.29) is 5.91 Å². The Labute approximate surface area is 147 Å². The van der Waals surface area contributed by atoms with Crippen molar-refractivity contribution in [3.8, 4) is 0 Å². The van der Waals surface area contributed by atoms with Gasteiger partial charge in [0.2, 0.25) is 0 Å². The van der Waals surface area contributed by atoms with E-state index >= 15 is 0 Å². The highest BCUT2D eigenvalue weighted by molar-refractivity contribution is 9.10. The minimum atomic E-state index is -0.0268.